The molecule has 0 saturated carbocycles. The third-order valence-corrected chi connectivity index (χ3v) is 12.8. The molecule has 0 aliphatic carbocycles. The van der Waals surface area contributed by atoms with Crippen molar-refractivity contribution in [2.75, 3.05) is 0 Å². The smallest absolute Gasteiger partial charge is 0.0421 e. The van der Waals surface area contributed by atoms with Gasteiger partial charge in [0.15, 0.2) is 0 Å². The van der Waals surface area contributed by atoms with Crippen molar-refractivity contribution in [1.29, 1.82) is 0 Å². The maximum atomic E-state index is 2.43. The Morgan fingerprint density at radius 2 is 0.549 bits per heavy atom. The Bertz CT molecular complexity index is 2540. The van der Waals surface area contributed by atoms with Crippen molar-refractivity contribution < 1.29 is 0 Å². The van der Waals surface area contributed by atoms with Crippen LogP contribution in [0.25, 0.3) is 97.0 Å². The Morgan fingerprint density at radius 3 is 0.882 bits per heavy atom. The molecule has 0 radical (unpaired) electrons. The molecule has 0 fully saturated rings. The van der Waals surface area contributed by atoms with Crippen molar-refractivity contribution in [2.24, 2.45) is 0 Å². The third kappa shape index (κ3) is 5.25. The summed E-state index contributed by atoms with van der Waals surface area (Å²) in [6, 6.07) is 60.4. The van der Waals surface area contributed by atoms with Crippen molar-refractivity contribution in [3.8, 4) is 64.7 Å². The van der Waals surface area contributed by atoms with Crippen LogP contribution in [-0.4, -0.2) is 0 Å². The minimum Gasteiger partial charge on any atom is -0.143 e. The van der Waals surface area contributed by atoms with Crippen molar-refractivity contribution in [2.45, 2.75) is 0 Å². The summed E-state index contributed by atoms with van der Waals surface area (Å²) in [6.07, 6.45) is 0. The average molecular weight is 703 g/mol. The fraction of sp³-hybridized carbons (Fsp3) is 0. The Hall–Kier alpha value is -5.58. The van der Waals surface area contributed by atoms with Gasteiger partial charge in [-0.25, -0.2) is 0 Å². The van der Waals surface area contributed by atoms with Crippen LogP contribution in [0, 0.1) is 0 Å². The lowest BCUT2D eigenvalue weighted by Gasteiger charge is -2.14. The van der Waals surface area contributed by atoms with Crippen LogP contribution in [0.3, 0.4) is 0 Å². The molecule has 7 aromatic carbocycles. The van der Waals surface area contributed by atoms with Crippen LogP contribution in [0.15, 0.2) is 180 Å². The zero-order valence-electron chi connectivity index (χ0n) is 27.5. The lowest BCUT2D eigenvalue weighted by molar-refractivity contribution is 1.64. The first-order chi connectivity index (χ1) is 25.3. The molecule has 240 valence electrons. The Labute approximate surface area is 309 Å². The highest BCUT2D eigenvalue weighted by Gasteiger charge is 2.20. The van der Waals surface area contributed by atoms with Crippen molar-refractivity contribution in [3.05, 3.63) is 180 Å². The Morgan fingerprint density at radius 1 is 0.255 bits per heavy atom. The van der Waals surface area contributed by atoms with Gasteiger partial charge in [0.05, 0.1) is 0 Å². The zero-order valence-corrected chi connectivity index (χ0v) is 30.0. The van der Waals surface area contributed by atoms with Crippen LogP contribution < -0.4 is 0 Å². The summed E-state index contributed by atoms with van der Waals surface area (Å²) >= 11 is 5.49. The highest BCUT2D eigenvalue weighted by molar-refractivity contribution is 7.15. The number of rotatable bonds is 6. The molecule has 0 atom stereocenters. The number of thiophene rings is 3. The minimum absolute atomic E-state index is 1.25. The number of fused-ring (bicyclic) bond motifs is 3. The van der Waals surface area contributed by atoms with Crippen LogP contribution >= 0.6 is 34.0 Å². The lowest BCUT2D eigenvalue weighted by Crippen LogP contribution is -1.88. The van der Waals surface area contributed by atoms with Gasteiger partial charge in [0.1, 0.15) is 0 Å². The van der Waals surface area contributed by atoms with Gasteiger partial charge in [-0.2, -0.15) is 0 Å². The predicted molar refractivity (Wildman–Crippen MR) is 225 cm³/mol. The van der Waals surface area contributed by atoms with Gasteiger partial charge in [-0.3, -0.25) is 0 Å². The van der Waals surface area contributed by atoms with E-state index in [0.29, 0.717) is 0 Å². The van der Waals surface area contributed by atoms with Crippen LogP contribution in [-0.2, 0) is 0 Å². The van der Waals surface area contributed by atoms with Gasteiger partial charge in [-0.15, -0.1) is 34.0 Å². The molecule has 0 amide bonds. The summed E-state index contributed by atoms with van der Waals surface area (Å²) in [7, 11) is 0. The quantitative estimate of drug-likeness (QED) is 0.162. The van der Waals surface area contributed by atoms with E-state index in [-0.39, 0.29) is 0 Å². The highest BCUT2D eigenvalue weighted by atomic mass is 32.1. The number of hydrogen-bond donors (Lipinski definition) is 0. The van der Waals surface area contributed by atoms with Gasteiger partial charge < -0.3 is 0 Å². The largest absolute Gasteiger partial charge is 0.143 e. The molecule has 0 spiro atoms. The standard InChI is InChI=1S/C48H30S3/c1-4-16-37-31(10-1)13-7-19-40(37)43-22-25-49-46(43)34-28-35(47-44(23-26-50-47)41-20-8-14-32-11-2-5-17-38(32)41)30-36(29-34)48-45(24-27-51-48)42-21-9-15-33-12-3-6-18-39(33)42/h1-30H. The number of benzene rings is 7. The molecule has 10 aromatic rings. The molecular formula is C48H30S3. The molecule has 3 heteroatoms. The fourth-order valence-electron chi connectivity index (χ4n) is 7.64. The molecule has 0 bridgehead atoms. The molecule has 3 aromatic heterocycles. The van der Waals surface area contributed by atoms with Gasteiger partial charge in [0.2, 0.25) is 0 Å². The normalized spacial score (nSPS) is 11.5. The van der Waals surface area contributed by atoms with Gasteiger partial charge in [-0.1, -0.05) is 127 Å². The molecular weight excluding hydrogens is 673 g/mol. The van der Waals surface area contributed by atoms with Crippen LogP contribution in [0.5, 0.6) is 0 Å². The van der Waals surface area contributed by atoms with Gasteiger partial charge in [-0.05, 0) is 118 Å². The Balaban J connectivity index is 1.21. The fourth-order valence-corrected chi connectivity index (χ4v) is 10.3. The van der Waals surface area contributed by atoms with E-state index < -0.39 is 0 Å². The second kappa shape index (κ2) is 12.6. The maximum absolute atomic E-state index is 2.43. The van der Waals surface area contributed by atoms with Gasteiger partial charge in [0.25, 0.3) is 0 Å². The lowest BCUT2D eigenvalue weighted by atomic mass is 9.92. The van der Waals surface area contributed by atoms with E-state index in [2.05, 4.69) is 180 Å². The van der Waals surface area contributed by atoms with E-state index in [1.165, 1.54) is 97.0 Å². The number of hydrogen-bond acceptors (Lipinski definition) is 3. The van der Waals surface area contributed by atoms with E-state index in [1.54, 1.807) is 0 Å². The van der Waals surface area contributed by atoms with E-state index in [4.69, 9.17) is 0 Å². The van der Waals surface area contributed by atoms with Gasteiger partial charge >= 0.3 is 0 Å². The highest BCUT2D eigenvalue weighted by Crippen LogP contribution is 2.48. The first-order valence-corrected chi connectivity index (χ1v) is 19.8. The third-order valence-electron chi connectivity index (χ3n) is 9.95. The summed E-state index contributed by atoms with van der Waals surface area (Å²) in [5.74, 6) is 0. The van der Waals surface area contributed by atoms with E-state index in [0.717, 1.165) is 0 Å². The molecule has 51 heavy (non-hydrogen) atoms. The van der Waals surface area contributed by atoms with E-state index >= 15 is 0 Å². The molecule has 0 saturated heterocycles. The van der Waals surface area contributed by atoms with Crippen molar-refractivity contribution in [1.82, 2.24) is 0 Å². The van der Waals surface area contributed by atoms with E-state index in [1.807, 2.05) is 34.0 Å². The minimum atomic E-state index is 1.25. The molecule has 10 rings (SSSR count). The van der Waals surface area contributed by atoms with Crippen LogP contribution in [0.2, 0.25) is 0 Å². The molecule has 3 heterocycles. The predicted octanol–water partition coefficient (Wildman–Crippen LogP) is 15.3. The molecule has 0 N–H and O–H groups in total. The average Bonchev–Trinajstić information content (AvgIpc) is 3.99. The van der Waals surface area contributed by atoms with E-state index in [9.17, 15) is 0 Å². The molecule has 0 nitrogen and oxygen atoms in total. The first-order valence-electron chi connectivity index (χ1n) is 17.1. The zero-order chi connectivity index (χ0) is 33.7. The molecule has 0 aliphatic heterocycles. The second-order valence-corrected chi connectivity index (χ2v) is 15.6. The summed E-state index contributed by atoms with van der Waals surface area (Å²) in [4.78, 5) is 3.88. The SMILES string of the molecule is c1ccc2c(-c3ccsc3-c3cc(-c4sccc4-c4cccc5ccccc45)cc(-c4sccc4-c4cccc5ccccc45)c3)cccc2c1. The van der Waals surface area contributed by atoms with Gasteiger partial charge in [0, 0.05) is 31.3 Å². The van der Waals surface area contributed by atoms with Crippen LogP contribution in [0.4, 0.5) is 0 Å². The summed E-state index contributed by atoms with van der Waals surface area (Å²) < 4.78 is 0. The summed E-state index contributed by atoms with van der Waals surface area (Å²) in [5.41, 5.74) is 11.4. The molecule has 0 unspecified atom stereocenters. The Kier molecular flexibility index (Phi) is 7.50. The van der Waals surface area contributed by atoms with Crippen molar-refractivity contribution >= 4 is 66.3 Å². The molecule has 0 aliphatic rings. The maximum Gasteiger partial charge on any atom is 0.0421 e. The second-order valence-electron chi connectivity index (χ2n) is 12.9. The first kappa shape index (κ1) is 30.3. The van der Waals surface area contributed by atoms with Crippen molar-refractivity contribution in [3.63, 3.8) is 0 Å². The summed E-state index contributed by atoms with van der Waals surface area (Å²) in [6.45, 7) is 0. The summed E-state index contributed by atoms with van der Waals surface area (Å²) in [5, 5.41) is 14.4. The topological polar surface area (TPSA) is 0 Å². The van der Waals surface area contributed by atoms with Crippen LogP contribution in [0.1, 0.15) is 0 Å². The monoisotopic (exact) mass is 702 g/mol.